The van der Waals surface area contributed by atoms with E-state index in [2.05, 4.69) is 9.97 Å². The average Bonchev–Trinajstić information content (AvgIpc) is 2.05. The Balaban J connectivity index is 2.79. The lowest BCUT2D eigenvalue weighted by molar-refractivity contribution is 0.168. The molecule has 0 saturated carbocycles. The van der Waals surface area contributed by atoms with E-state index < -0.39 is 6.10 Å². The van der Waals surface area contributed by atoms with Crippen LogP contribution in [0.3, 0.4) is 0 Å². The van der Waals surface area contributed by atoms with Gasteiger partial charge >= 0.3 is 0 Å². The van der Waals surface area contributed by atoms with E-state index in [1.54, 1.807) is 6.20 Å². The molecule has 0 aliphatic carbocycles. The van der Waals surface area contributed by atoms with E-state index in [0.29, 0.717) is 13.0 Å². The van der Waals surface area contributed by atoms with Crippen molar-refractivity contribution in [2.24, 2.45) is 5.73 Å². The van der Waals surface area contributed by atoms with Crippen LogP contribution in [0.1, 0.15) is 23.8 Å². The molecule has 66 valence electrons. The average molecular weight is 167 g/mol. The molecule has 1 aromatic rings. The number of hydrogen-bond donors (Lipinski definition) is 2. The molecule has 0 amide bonds. The minimum absolute atomic E-state index is 0.468. The first-order valence-corrected chi connectivity index (χ1v) is 3.90. The van der Waals surface area contributed by atoms with Crippen LogP contribution in [-0.4, -0.2) is 21.6 Å². The van der Waals surface area contributed by atoms with Crippen molar-refractivity contribution >= 4 is 0 Å². The summed E-state index contributed by atoms with van der Waals surface area (Å²) in [5, 5.41) is 9.54. The van der Waals surface area contributed by atoms with Crippen molar-refractivity contribution in [3.8, 4) is 0 Å². The van der Waals surface area contributed by atoms with Crippen molar-refractivity contribution in [1.82, 2.24) is 9.97 Å². The molecule has 0 bridgehead atoms. The van der Waals surface area contributed by atoms with Gasteiger partial charge in [0.2, 0.25) is 0 Å². The van der Waals surface area contributed by atoms with Gasteiger partial charge in [-0.05, 0) is 19.9 Å². The number of aliphatic hydroxyl groups excluding tert-OH is 1. The highest BCUT2D eigenvalue weighted by Crippen LogP contribution is 2.16. The fourth-order valence-corrected chi connectivity index (χ4v) is 1.04. The fraction of sp³-hybridized carbons (Fsp3) is 0.500. The van der Waals surface area contributed by atoms with E-state index in [0.717, 1.165) is 11.3 Å². The second-order valence-corrected chi connectivity index (χ2v) is 2.66. The minimum atomic E-state index is -0.531. The normalized spacial score (nSPS) is 12.9. The molecule has 0 saturated heterocycles. The van der Waals surface area contributed by atoms with Crippen LogP contribution < -0.4 is 5.73 Å². The first kappa shape index (κ1) is 9.09. The molecular weight excluding hydrogens is 154 g/mol. The lowest BCUT2D eigenvalue weighted by atomic mass is 10.1. The molecule has 12 heavy (non-hydrogen) atoms. The van der Waals surface area contributed by atoms with Gasteiger partial charge in [-0.25, -0.2) is 9.97 Å². The van der Waals surface area contributed by atoms with Crippen LogP contribution in [0, 0.1) is 6.92 Å². The lowest BCUT2D eigenvalue weighted by Crippen LogP contribution is -2.08. The molecule has 0 unspecified atom stereocenters. The van der Waals surface area contributed by atoms with Gasteiger partial charge in [-0.2, -0.15) is 0 Å². The third kappa shape index (κ3) is 1.99. The third-order valence-corrected chi connectivity index (χ3v) is 1.75. The molecule has 0 aliphatic rings. The van der Waals surface area contributed by atoms with Crippen LogP contribution in [0.4, 0.5) is 0 Å². The van der Waals surface area contributed by atoms with Crippen molar-refractivity contribution in [3.05, 3.63) is 23.8 Å². The van der Waals surface area contributed by atoms with E-state index in [4.69, 9.17) is 5.73 Å². The van der Waals surface area contributed by atoms with E-state index >= 15 is 0 Å². The number of aromatic nitrogens is 2. The largest absolute Gasteiger partial charge is 0.388 e. The van der Waals surface area contributed by atoms with Crippen LogP contribution in [-0.2, 0) is 0 Å². The van der Waals surface area contributed by atoms with Crippen LogP contribution in [0.2, 0.25) is 0 Å². The monoisotopic (exact) mass is 167 g/mol. The highest BCUT2D eigenvalue weighted by Gasteiger charge is 2.09. The van der Waals surface area contributed by atoms with Gasteiger partial charge in [0.1, 0.15) is 6.33 Å². The zero-order chi connectivity index (χ0) is 8.97. The van der Waals surface area contributed by atoms with Gasteiger partial charge in [-0.1, -0.05) is 0 Å². The topological polar surface area (TPSA) is 72.0 Å². The number of aliphatic hydroxyl groups is 1. The molecule has 4 nitrogen and oxygen atoms in total. The molecule has 0 aromatic carbocycles. The maximum absolute atomic E-state index is 9.54. The van der Waals surface area contributed by atoms with Crippen molar-refractivity contribution in [1.29, 1.82) is 0 Å². The molecule has 4 heteroatoms. The molecule has 0 spiro atoms. The standard InChI is InChI=1S/C8H13N3O/c1-6-7(4-10-5-11-6)8(12)2-3-9/h4-5,8,12H,2-3,9H2,1H3/t8-/m0/s1. The predicted octanol–water partition coefficient (Wildman–Crippen LogP) is 0.167. The van der Waals surface area contributed by atoms with Crippen LogP contribution >= 0.6 is 0 Å². The van der Waals surface area contributed by atoms with Gasteiger partial charge < -0.3 is 10.8 Å². The quantitative estimate of drug-likeness (QED) is 0.673. The number of nitrogens with two attached hydrogens (primary N) is 1. The molecule has 0 radical (unpaired) electrons. The molecule has 1 heterocycles. The van der Waals surface area contributed by atoms with Crippen LogP contribution in [0.25, 0.3) is 0 Å². The summed E-state index contributed by atoms with van der Waals surface area (Å²) in [6.07, 6.45) is 3.11. The summed E-state index contributed by atoms with van der Waals surface area (Å²) in [6.45, 7) is 2.31. The summed E-state index contributed by atoms with van der Waals surface area (Å²) in [6, 6.07) is 0. The lowest BCUT2D eigenvalue weighted by Gasteiger charge is -2.10. The van der Waals surface area contributed by atoms with Crippen molar-refractivity contribution < 1.29 is 5.11 Å². The first-order valence-electron chi connectivity index (χ1n) is 3.90. The summed E-state index contributed by atoms with van der Waals surface area (Å²) in [4.78, 5) is 7.81. The summed E-state index contributed by atoms with van der Waals surface area (Å²) < 4.78 is 0. The third-order valence-electron chi connectivity index (χ3n) is 1.75. The van der Waals surface area contributed by atoms with E-state index in [-0.39, 0.29) is 0 Å². The van der Waals surface area contributed by atoms with Crippen LogP contribution in [0.5, 0.6) is 0 Å². The number of aryl methyl sites for hydroxylation is 1. The Morgan fingerprint density at radius 3 is 3.00 bits per heavy atom. The van der Waals surface area contributed by atoms with E-state index in [1.807, 2.05) is 6.92 Å². The minimum Gasteiger partial charge on any atom is -0.388 e. The number of nitrogens with zero attached hydrogens (tertiary/aromatic N) is 2. The zero-order valence-electron chi connectivity index (χ0n) is 7.07. The zero-order valence-corrected chi connectivity index (χ0v) is 7.07. The maximum atomic E-state index is 9.54. The Bertz CT molecular complexity index is 252. The molecule has 1 rings (SSSR count). The Labute approximate surface area is 71.5 Å². The highest BCUT2D eigenvalue weighted by atomic mass is 16.3. The van der Waals surface area contributed by atoms with E-state index in [1.165, 1.54) is 6.33 Å². The van der Waals surface area contributed by atoms with Gasteiger partial charge in [0.15, 0.2) is 0 Å². The van der Waals surface area contributed by atoms with Gasteiger partial charge in [0, 0.05) is 17.5 Å². The molecular formula is C8H13N3O. The molecule has 1 atom stereocenters. The molecule has 1 aromatic heterocycles. The Morgan fingerprint density at radius 2 is 2.42 bits per heavy atom. The first-order chi connectivity index (χ1) is 5.75. The SMILES string of the molecule is Cc1ncncc1[C@@H](O)CCN. The summed E-state index contributed by atoms with van der Waals surface area (Å²) in [5.41, 5.74) is 6.89. The van der Waals surface area contributed by atoms with Crippen molar-refractivity contribution in [2.75, 3.05) is 6.54 Å². The second kappa shape index (κ2) is 4.13. The van der Waals surface area contributed by atoms with Gasteiger partial charge in [-0.15, -0.1) is 0 Å². The Kier molecular flexibility index (Phi) is 3.13. The molecule has 0 aliphatic heterocycles. The Morgan fingerprint density at radius 1 is 1.67 bits per heavy atom. The smallest absolute Gasteiger partial charge is 0.115 e. The molecule has 0 fully saturated rings. The maximum Gasteiger partial charge on any atom is 0.115 e. The van der Waals surface area contributed by atoms with E-state index in [9.17, 15) is 5.11 Å². The van der Waals surface area contributed by atoms with Crippen molar-refractivity contribution in [3.63, 3.8) is 0 Å². The fourth-order valence-electron chi connectivity index (χ4n) is 1.04. The predicted molar refractivity (Wildman–Crippen MR) is 45.4 cm³/mol. The number of rotatable bonds is 3. The highest BCUT2D eigenvalue weighted by molar-refractivity contribution is 5.16. The second-order valence-electron chi connectivity index (χ2n) is 2.66. The Hall–Kier alpha value is -1.00. The summed E-state index contributed by atoms with van der Waals surface area (Å²) in [7, 11) is 0. The number of hydrogen-bond acceptors (Lipinski definition) is 4. The summed E-state index contributed by atoms with van der Waals surface area (Å²) in [5.74, 6) is 0. The van der Waals surface area contributed by atoms with Crippen molar-refractivity contribution in [2.45, 2.75) is 19.4 Å². The molecule has 3 N–H and O–H groups in total. The van der Waals surface area contributed by atoms with Gasteiger partial charge in [0.25, 0.3) is 0 Å². The van der Waals surface area contributed by atoms with Gasteiger partial charge in [0.05, 0.1) is 6.10 Å². The summed E-state index contributed by atoms with van der Waals surface area (Å²) >= 11 is 0. The van der Waals surface area contributed by atoms with Crippen LogP contribution in [0.15, 0.2) is 12.5 Å². The van der Waals surface area contributed by atoms with Gasteiger partial charge in [-0.3, -0.25) is 0 Å².